The number of halogens is 1. The predicted octanol–water partition coefficient (Wildman–Crippen LogP) is 2.93. The molecule has 0 spiro atoms. The van der Waals surface area contributed by atoms with Crippen LogP contribution in [-0.2, 0) is 6.54 Å². The number of pyridine rings is 1. The Kier molecular flexibility index (Phi) is 6.62. The van der Waals surface area contributed by atoms with Gasteiger partial charge in [0.25, 0.3) is 11.8 Å². The Morgan fingerprint density at radius 1 is 1.00 bits per heavy atom. The molecule has 0 saturated carbocycles. The summed E-state index contributed by atoms with van der Waals surface area (Å²) < 4.78 is 13.6. The van der Waals surface area contributed by atoms with Crippen LogP contribution in [0.1, 0.15) is 46.8 Å². The minimum atomic E-state index is -0.458. The molecule has 0 aliphatic rings. The second kappa shape index (κ2) is 8.92. The zero-order valence-corrected chi connectivity index (χ0v) is 14.4. The van der Waals surface area contributed by atoms with E-state index < -0.39 is 5.91 Å². The fraction of sp³-hybridized carbons (Fsp3) is 0.316. The van der Waals surface area contributed by atoms with E-state index in [2.05, 4.69) is 29.5 Å². The summed E-state index contributed by atoms with van der Waals surface area (Å²) >= 11 is 0. The molecule has 0 radical (unpaired) electrons. The zero-order chi connectivity index (χ0) is 18.2. The molecule has 0 fully saturated rings. The van der Waals surface area contributed by atoms with Crippen molar-refractivity contribution in [1.82, 2.24) is 15.6 Å². The number of benzene rings is 1. The van der Waals surface area contributed by atoms with E-state index in [1.165, 1.54) is 12.1 Å². The van der Waals surface area contributed by atoms with Crippen LogP contribution in [0.3, 0.4) is 0 Å². The van der Waals surface area contributed by atoms with Gasteiger partial charge in [-0.05, 0) is 30.5 Å². The fourth-order valence-electron chi connectivity index (χ4n) is 2.16. The first kappa shape index (κ1) is 18.6. The van der Waals surface area contributed by atoms with E-state index in [0.29, 0.717) is 18.0 Å². The lowest BCUT2D eigenvalue weighted by Crippen LogP contribution is -2.28. The van der Waals surface area contributed by atoms with Crippen LogP contribution < -0.4 is 10.6 Å². The van der Waals surface area contributed by atoms with Gasteiger partial charge in [-0.25, -0.2) is 9.37 Å². The maximum Gasteiger partial charge on any atom is 0.270 e. The average molecular weight is 343 g/mol. The number of nitrogens with one attached hydrogen (secondary N) is 2. The Morgan fingerprint density at radius 2 is 1.64 bits per heavy atom. The summed E-state index contributed by atoms with van der Waals surface area (Å²) in [6.45, 7) is 4.76. The second-order valence-electron chi connectivity index (χ2n) is 6.12. The van der Waals surface area contributed by atoms with Gasteiger partial charge in [-0.3, -0.25) is 9.59 Å². The third-order valence-electron chi connectivity index (χ3n) is 3.62. The van der Waals surface area contributed by atoms with Gasteiger partial charge in [0, 0.05) is 18.7 Å². The standard InChI is InChI=1S/C19H22FN3O2/c1-13(2)10-11-21-18(24)16-8-5-9-17(23-16)19(25)22-12-14-6-3-4-7-15(14)20/h3-9,13H,10-12H2,1-2H3,(H,21,24)(H,22,25). The third kappa shape index (κ3) is 5.67. The lowest BCUT2D eigenvalue weighted by Gasteiger charge is -2.08. The molecule has 0 saturated heterocycles. The lowest BCUT2D eigenvalue weighted by atomic mass is 10.1. The average Bonchev–Trinajstić information content (AvgIpc) is 2.60. The van der Waals surface area contributed by atoms with Crippen LogP contribution in [0.15, 0.2) is 42.5 Å². The molecule has 0 aliphatic carbocycles. The van der Waals surface area contributed by atoms with Crippen LogP contribution in [0.4, 0.5) is 4.39 Å². The molecule has 0 aliphatic heterocycles. The maximum atomic E-state index is 13.6. The highest BCUT2D eigenvalue weighted by molar-refractivity contribution is 5.96. The highest BCUT2D eigenvalue weighted by Crippen LogP contribution is 2.06. The van der Waals surface area contributed by atoms with E-state index in [-0.39, 0.29) is 29.7 Å². The number of aromatic nitrogens is 1. The van der Waals surface area contributed by atoms with Gasteiger partial charge in [0.1, 0.15) is 17.2 Å². The number of hydrogen-bond acceptors (Lipinski definition) is 3. The third-order valence-corrected chi connectivity index (χ3v) is 3.62. The first-order chi connectivity index (χ1) is 12.0. The van der Waals surface area contributed by atoms with Crippen molar-refractivity contribution in [3.8, 4) is 0 Å². The van der Waals surface area contributed by atoms with Crippen LogP contribution in [0.25, 0.3) is 0 Å². The SMILES string of the molecule is CC(C)CCNC(=O)c1cccc(C(=O)NCc2ccccc2F)n1. The van der Waals surface area contributed by atoms with Crippen molar-refractivity contribution >= 4 is 11.8 Å². The van der Waals surface area contributed by atoms with Crippen molar-refractivity contribution in [2.45, 2.75) is 26.8 Å². The van der Waals surface area contributed by atoms with Crippen molar-refractivity contribution in [2.75, 3.05) is 6.54 Å². The van der Waals surface area contributed by atoms with Crippen LogP contribution in [-0.4, -0.2) is 23.3 Å². The lowest BCUT2D eigenvalue weighted by molar-refractivity contribution is 0.0942. The number of hydrogen-bond donors (Lipinski definition) is 2. The molecule has 2 rings (SSSR count). The van der Waals surface area contributed by atoms with Crippen LogP contribution in [0, 0.1) is 11.7 Å². The summed E-state index contributed by atoms with van der Waals surface area (Å²) in [6.07, 6.45) is 0.870. The van der Waals surface area contributed by atoms with Crippen LogP contribution in [0.5, 0.6) is 0 Å². The molecule has 25 heavy (non-hydrogen) atoms. The van der Waals surface area contributed by atoms with Gasteiger partial charge < -0.3 is 10.6 Å². The largest absolute Gasteiger partial charge is 0.351 e. The summed E-state index contributed by atoms with van der Waals surface area (Å²) in [4.78, 5) is 28.3. The Balaban J connectivity index is 1.96. The van der Waals surface area contributed by atoms with E-state index in [9.17, 15) is 14.0 Å². The first-order valence-corrected chi connectivity index (χ1v) is 8.24. The summed E-state index contributed by atoms with van der Waals surface area (Å²) in [7, 11) is 0. The maximum absolute atomic E-state index is 13.6. The molecule has 2 aromatic rings. The summed E-state index contributed by atoms with van der Waals surface area (Å²) in [5.74, 6) is -0.665. The number of amides is 2. The van der Waals surface area contributed by atoms with Gasteiger partial charge in [0.15, 0.2) is 0 Å². The topological polar surface area (TPSA) is 71.1 Å². The van der Waals surface area contributed by atoms with Crippen molar-refractivity contribution in [2.24, 2.45) is 5.92 Å². The molecule has 132 valence electrons. The molecule has 1 heterocycles. The quantitative estimate of drug-likeness (QED) is 0.812. The number of nitrogens with zero attached hydrogens (tertiary/aromatic N) is 1. The summed E-state index contributed by atoms with van der Waals surface area (Å²) in [5.41, 5.74) is 0.688. The Labute approximate surface area is 146 Å². The zero-order valence-electron chi connectivity index (χ0n) is 14.4. The minimum absolute atomic E-state index is 0.0536. The number of carbonyl (C=O) groups is 2. The van der Waals surface area contributed by atoms with Gasteiger partial charge in [-0.2, -0.15) is 0 Å². The normalized spacial score (nSPS) is 10.6. The highest BCUT2D eigenvalue weighted by atomic mass is 19.1. The molecule has 0 bridgehead atoms. The van der Waals surface area contributed by atoms with Gasteiger partial charge in [-0.15, -0.1) is 0 Å². The molecule has 1 aromatic heterocycles. The molecule has 6 heteroatoms. The monoisotopic (exact) mass is 343 g/mol. The van der Waals surface area contributed by atoms with E-state index in [0.717, 1.165) is 6.42 Å². The number of rotatable bonds is 7. The summed E-state index contributed by atoms with van der Waals surface area (Å²) in [6, 6.07) is 10.9. The van der Waals surface area contributed by atoms with E-state index in [4.69, 9.17) is 0 Å². The van der Waals surface area contributed by atoms with E-state index in [1.54, 1.807) is 30.3 Å². The minimum Gasteiger partial charge on any atom is -0.351 e. The fourth-order valence-corrected chi connectivity index (χ4v) is 2.16. The van der Waals surface area contributed by atoms with E-state index in [1.807, 2.05) is 0 Å². The summed E-state index contributed by atoms with van der Waals surface area (Å²) in [5, 5.41) is 5.39. The van der Waals surface area contributed by atoms with Crippen molar-refractivity contribution in [3.63, 3.8) is 0 Å². The van der Waals surface area contributed by atoms with Gasteiger partial charge in [-0.1, -0.05) is 38.1 Å². The van der Waals surface area contributed by atoms with Crippen molar-refractivity contribution in [1.29, 1.82) is 0 Å². The second-order valence-corrected chi connectivity index (χ2v) is 6.12. The van der Waals surface area contributed by atoms with Crippen molar-refractivity contribution < 1.29 is 14.0 Å². The van der Waals surface area contributed by atoms with Gasteiger partial charge in [0.05, 0.1) is 0 Å². The number of carbonyl (C=O) groups excluding carboxylic acids is 2. The van der Waals surface area contributed by atoms with E-state index >= 15 is 0 Å². The molecule has 1 aromatic carbocycles. The Hall–Kier alpha value is -2.76. The molecule has 2 N–H and O–H groups in total. The Bertz CT molecular complexity index is 747. The van der Waals surface area contributed by atoms with Gasteiger partial charge >= 0.3 is 0 Å². The molecular weight excluding hydrogens is 321 g/mol. The molecule has 5 nitrogen and oxygen atoms in total. The predicted molar refractivity (Wildman–Crippen MR) is 93.6 cm³/mol. The van der Waals surface area contributed by atoms with Crippen molar-refractivity contribution in [3.05, 3.63) is 65.2 Å². The van der Waals surface area contributed by atoms with Gasteiger partial charge in [0.2, 0.25) is 0 Å². The van der Waals surface area contributed by atoms with Crippen LogP contribution >= 0.6 is 0 Å². The molecular formula is C19H22FN3O2. The molecule has 0 unspecified atom stereocenters. The highest BCUT2D eigenvalue weighted by Gasteiger charge is 2.12. The molecule has 2 amide bonds. The smallest absolute Gasteiger partial charge is 0.270 e. The first-order valence-electron chi connectivity index (χ1n) is 8.24. The molecule has 0 atom stereocenters. The Morgan fingerprint density at radius 3 is 2.28 bits per heavy atom. The van der Waals surface area contributed by atoms with Crippen LogP contribution in [0.2, 0.25) is 0 Å².